The number of nitrogens with zero attached hydrogens (tertiary/aromatic N) is 2. The Balaban J connectivity index is 0.00000312. The minimum Gasteiger partial charge on any atom is -0.494 e. The molecular formula is C19H33IN4O. The lowest BCUT2D eigenvalue weighted by atomic mass is 10.1. The van der Waals surface area contributed by atoms with Gasteiger partial charge in [-0.1, -0.05) is 19.1 Å². The number of likely N-dealkylation sites (tertiary alicyclic amines) is 1. The van der Waals surface area contributed by atoms with Crippen molar-refractivity contribution in [1.29, 1.82) is 0 Å². The molecule has 0 saturated carbocycles. The highest BCUT2D eigenvalue weighted by molar-refractivity contribution is 14.0. The van der Waals surface area contributed by atoms with Crippen LogP contribution in [0.1, 0.15) is 38.7 Å². The Hall–Kier alpha value is -1.02. The molecule has 25 heavy (non-hydrogen) atoms. The van der Waals surface area contributed by atoms with Crippen molar-refractivity contribution in [3.8, 4) is 5.75 Å². The van der Waals surface area contributed by atoms with Gasteiger partial charge in [-0.05, 0) is 50.4 Å². The molecule has 0 amide bonds. The Kier molecular flexibility index (Phi) is 10.9. The predicted octanol–water partition coefficient (Wildman–Crippen LogP) is 3.24. The van der Waals surface area contributed by atoms with E-state index in [0.717, 1.165) is 18.3 Å². The van der Waals surface area contributed by atoms with E-state index >= 15 is 0 Å². The summed E-state index contributed by atoms with van der Waals surface area (Å²) in [4.78, 5) is 6.91. The van der Waals surface area contributed by atoms with Crippen molar-refractivity contribution in [2.45, 2.75) is 45.7 Å². The van der Waals surface area contributed by atoms with E-state index in [1.165, 1.54) is 44.5 Å². The fraction of sp³-hybridized carbons (Fsp3) is 0.632. The van der Waals surface area contributed by atoms with Crippen LogP contribution in [0.3, 0.4) is 0 Å². The van der Waals surface area contributed by atoms with E-state index in [1.54, 1.807) is 0 Å². The normalized spacial score (nSPS) is 16.2. The summed E-state index contributed by atoms with van der Waals surface area (Å²) in [6.45, 7) is 9.26. The first kappa shape index (κ1) is 22.0. The Morgan fingerprint density at radius 1 is 1.28 bits per heavy atom. The highest BCUT2D eigenvalue weighted by atomic mass is 127. The summed E-state index contributed by atoms with van der Waals surface area (Å²) < 4.78 is 5.55. The standard InChI is InChI=1S/C19H32N4O.HI/c1-4-11-23-12-9-17(10-13-23)22-19(20-3)21-15-16-7-6-8-18(14-16)24-5-2;/h6-8,14,17H,4-5,9-13,15H2,1-3H3,(H2,20,21,22);1H. The number of guanidine groups is 1. The molecule has 1 aliphatic heterocycles. The van der Waals surface area contributed by atoms with E-state index in [4.69, 9.17) is 4.74 Å². The number of nitrogens with one attached hydrogen (secondary N) is 2. The predicted molar refractivity (Wildman–Crippen MR) is 116 cm³/mol. The molecule has 0 unspecified atom stereocenters. The third-order valence-electron chi connectivity index (χ3n) is 4.36. The van der Waals surface area contributed by atoms with Crippen LogP contribution in [0, 0.1) is 0 Å². The number of ether oxygens (including phenoxy) is 1. The second kappa shape index (κ2) is 12.4. The molecule has 5 nitrogen and oxygen atoms in total. The van der Waals surface area contributed by atoms with Gasteiger partial charge in [-0.25, -0.2) is 0 Å². The van der Waals surface area contributed by atoms with Crippen molar-refractivity contribution in [3.05, 3.63) is 29.8 Å². The third kappa shape index (κ3) is 7.81. The number of piperidine rings is 1. The van der Waals surface area contributed by atoms with Crippen LogP contribution in [0.4, 0.5) is 0 Å². The number of rotatable bonds is 7. The molecule has 1 fully saturated rings. The van der Waals surface area contributed by atoms with Crippen molar-refractivity contribution in [2.24, 2.45) is 4.99 Å². The molecular weight excluding hydrogens is 427 g/mol. The maximum atomic E-state index is 5.55. The maximum absolute atomic E-state index is 5.55. The summed E-state index contributed by atoms with van der Waals surface area (Å²) in [6, 6.07) is 8.71. The van der Waals surface area contributed by atoms with Crippen molar-refractivity contribution in [2.75, 3.05) is 33.3 Å². The number of halogens is 1. The van der Waals surface area contributed by atoms with Gasteiger partial charge in [-0.2, -0.15) is 0 Å². The first-order valence-corrected chi connectivity index (χ1v) is 9.16. The Labute approximate surface area is 169 Å². The molecule has 1 aromatic rings. The second-order valence-corrected chi connectivity index (χ2v) is 6.27. The van der Waals surface area contributed by atoms with Crippen LogP contribution in [-0.4, -0.2) is 50.2 Å². The quantitative estimate of drug-likeness (QED) is 0.373. The van der Waals surface area contributed by atoms with Gasteiger partial charge in [0.2, 0.25) is 0 Å². The highest BCUT2D eigenvalue weighted by Gasteiger charge is 2.19. The highest BCUT2D eigenvalue weighted by Crippen LogP contribution is 2.13. The molecule has 0 radical (unpaired) electrons. The second-order valence-electron chi connectivity index (χ2n) is 6.27. The summed E-state index contributed by atoms with van der Waals surface area (Å²) in [5.74, 6) is 1.80. The number of hydrogen-bond acceptors (Lipinski definition) is 3. The molecule has 0 aliphatic carbocycles. The zero-order valence-electron chi connectivity index (χ0n) is 15.8. The van der Waals surface area contributed by atoms with E-state index in [1.807, 2.05) is 26.1 Å². The van der Waals surface area contributed by atoms with Crippen molar-refractivity contribution < 1.29 is 4.74 Å². The lowest BCUT2D eigenvalue weighted by Gasteiger charge is -2.32. The zero-order valence-corrected chi connectivity index (χ0v) is 18.1. The molecule has 1 aliphatic rings. The Morgan fingerprint density at radius 2 is 2.04 bits per heavy atom. The average Bonchev–Trinajstić information content (AvgIpc) is 2.61. The van der Waals surface area contributed by atoms with Gasteiger partial charge in [-0.3, -0.25) is 4.99 Å². The summed E-state index contributed by atoms with van der Waals surface area (Å²) in [5, 5.41) is 6.97. The zero-order chi connectivity index (χ0) is 17.2. The van der Waals surface area contributed by atoms with Crippen molar-refractivity contribution in [1.82, 2.24) is 15.5 Å². The molecule has 142 valence electrons. The van der Waals surface area contributed by atoms with Crippen molar-refractivity contribution in [3.63, 3.8) is 0 Å². The number of benzene rings is 1. The van der Waals surface area contributed by atoms with Gasteiger partial charge >= 0.3 is 0 Å². The molecule has 1 aromatic carbocycles. The fourth-order valence-electron chi connectivity index (χ4n) is 3.10. The monoisotopic (exact) mass is 460 g/mol. The van der Waals surface area contributed by atoms with Gasteiger partial charge in [0.1, 0.15) is 5.75 Å². The van der Waals surface area contributed by atoms with Gasteiger partial charge in [-0.15, -0.1) is 24.0 Å². The Morgan fingerprint density at radius 3 is 2.68 bits per heavy atom. The lowest BCUT2D eigenvalue weighted by molar-refractivity contribution is 0.206. The fourth-order valence-corrected chi connectivity index (χ4v) is 3.10. The molecule has 1 heterocycles. The topological polar surface area (TPSA) is 48.9 Å². The van der Waals surface area contributed by atoms with Gasteiger partial charge < -0.3 is 20.3 Å². The maximum Gasteiger partial charge on any atom is 0.191 e. The van der Waals surface area contributed by atoms with Crippen LogP contribution >= 0.6 is 24.0 Å². The minimum atomic E-state index is 0. The SMILES string of the molecule is CCCN1CCC(NC(=NC)NCc2cccc(OCC)c2)CC1.I. The Bertz CT molecular complexity index is 516. The lowest BCUT2D eigenvalue weighted by Crippen LogP contribution is -2.48. The third-order valence-corrected chi connectivity index (χ3v) is 4.36. The summed E-state index contributed by atoms with van der Waals surface area (Å²) in [5.41, 5.74) is 1.20. The van der Waals surface area contributed by atoms with Gasteiger partial charge in [0.05, 0.1) is 6.61 Å². The smallest absolute Gasteiger partial charge is 0.191 e. The van der Waals surface area contributed by atoms with E-state index in [0.29, 0.717) is 12.6 Å². The molecule has 2 N–H and O–H groups in total. The molecule has 0 aromatic heterocycles. The first-order chi connectivity index (χ1) is 11.7. The molecule has 6 heteroatoms. The van der Waals surface area contributed by atoms with Crippen LogP contribution in [0.25, 0.3) is 0 Å². The van der Waals surface area contributed by atoms with E-state index < -0.39 is 0 Å². The van der Waals surface area contributed by atoms with E-state index in [-0.39, 0.29) is 24.0 Å². The van der Waals surface area contributed by atoms with Crippen LogP contribution in [0.5, 0.6) is 5.75 Å². The van der Waals surface area contributed by atoms with Crippen LogP contribution in [0.2, 0.25) is 0 Å². The molecule has 1 saturated heterocycles. The van der Waals surface area contributed by atoms with Gasteiger partial charge in [0.15, 0.2) is 5.96 Å². The van der Waals surface area contributed by atoms with Crippen LogP contribution in [-0.2, 0) is 6.54 Å². The van der Waals surface area contributed by atoms with Gasteiger partial charge in [0.25, 0.3) is 0 Å². The van der Waals surface area contributed by atoms with E-state index in [9.17, 15) is 0 Å². The van der Waals surface area contributed by atoms with Crippen LogP contribution < -0.4 is 15.4 Å². The van der Waals surface area contributed by atoms with Crippen LogP contribution in [0.15, 0.2) is 29.3 Å². The van der Waals surface area contributed by atoms with E-state index in [2.05, 4.69) is 39.6 Å². The summed E-state index contributed by atoms with van der Waals surface area (Å²) in [7, 11) is 1.83. The average molecular weight is 460 g/mol. The van der Waals surface area contributed by atoms with Gasteiger partial charge in [0, 0.05) is 32.7 Å². The molecule has 2 rings (SSSR count). The molecule has 0 bridgehead atoms. The minimum absolute atomic E-state index is 0. The molecule has 0 atom stereocenters. The summed E-state index contributed by atoms with van der Waals surface area (Å²) in [6.07, 6.45) is 3.60. The number of aliphatic imine (C=N–C) groups is 1. The first-order valence-electron chi connectivity index (χ1n) is 9.16. The number of hydrogen-bond donors (Lipinski definition) is 2. The summed E-state index contributed by atoms with van der Waals surface area (Å²) >= 11 is 0. The largest absolute Gasteiger partial charge is 0.494 e. The van der Waals surface area contributed by atoms with Crippen molar-refractivity contribution >= 4 is 29.9 Å². The molecule has 0 spiro atoms.